The molecular weight excluding hydrogens is 356 g/mol. The minimum atomic E-state index is -0.927. The lowest BCUT2D eigenvalue weighted by Crippen LogP contribution is -2.45. The van der Waals surface area contributed by atoms with Gasteiger partial charge in [-0.25, -0.2) is 9.59 Å². The minimum Gasteiger partial charge on any atom is -0.463 e. The number of hydrogen-bond donors (Lipinski definition) is 3. The number of hydrogen-bond acceptors (Lipinski definition) is 4. The molecule has 6 heteroatoms. The lowest BCUT2D eigenvalue weighted by atomic mass is 9.85. The molecule has 6 nitrogen and oxygen atoms in total. The largest absolute Gasteiger partial charge is 0.463 e. The maximum Gasteiger partial charge on any atom is 0.338 e. The Morgan fingerprint density at radius 1 is 1.32 bits per heavy atom. The third-order valence-corrected chi connectivity index (χ3v) is 5.10. The quantitative estimate of drug-likeness (QED) is 0.554. The fourth-order valence-electron chi connectivity index (χ4n) is 3.67. The van der Waals surface area contributed by atoms with Crippen molar-refractivity contribution >= 4 is 12.0 Å². The summed E-state index contributed by atoms with van der Waals surface area (Å²) in [6.07, 6.45) is 4.49. The molecule has 28 heavy (non-hydrogen) atoms. The zero-order valence-electron chi connectivity index (χ0n) is 16.3. The van der Waals surface area contributed by atoms with E-state index in [4.69, 9.17) is 4.74 Å². The zero-order valence-corrected chi connectivity index (χ0v) is 16.3. The predicted molar refractivity (Wildman–Crippen MR) is 105 cm³/mol. The molecule has 1 aromatic rings. The zero-order chi connectivity index (χ0) is 20.1. The molecule has 3 rings (SSSR count). The molecule has 1 atom stereocenters. The lowest BCUT2D eigenvalue weighted by Gasteiger charge is -2.28. The number of esters is 1. The van der Waals surface area contributed by atoms with Crippen LogP contribution in [0.2, 0.25) is 0 Å². The third kappa shape index (κ3) is 4.55. The Labute approximate surface area is 165 Å². The van der Waals surface area contributed by atoms with Crippen molar-refractivity contribution < 1.29 is 19.4 Å². The topological polar surface area (TPSA) is 87.7 Å². The molecule has 0 spiro atoms. The molecule has 1 fully saturated rings. The minimum absolute atomic E-state index is 0.250. The summed E-state index contributed by atoms with van der Waals surface area (Å²) in [6.45, 7) is 3.67. The summed E-state index contributed by atoms with van der Waals surface area (Å²) >= 11 is 0. The van der Waals surface area contributed by atoms with E-state index >= 15 is 0 Å². The Bertz CT molecular complexity index is 857. The van der Waals surface area contributed by atoms with Gasteiger partial charge in [0, 0.05) is 11.3 Å². The van der Waals surface area contributed by atoms with Crippen molar-refractivity contribution in [1.29, 1.82) is 0 Å². The van der Waals surface area contributed by atoms with Gasteiger partial charge in [0.15, 0.2) is 0 Å². The second-order valence-corrected chi connectivity index (χ2v) is 7.26. The first kappa shape index (κ1) is 20.0. The van der Waals surface area contributed by atoms with Crippen molar-refractivity contribution in [3.8, 4) is 11.8 Å². The van der Waals surface area contributed by atoms with Gasteiger partial charge in [0.2, 0.25) is 0 Å². The fraction of sp³-hybridized carbons (Fsp3) is 0.455. The number of benzene rings is 1. The van der Waals surface area contributed by atoms with E-state index in [2.05, 4.69) is 22.5 Å². The van der Waals surface area contributed by atoms with E-state index in [0.717, 1.165) is 30.4 Å². The van der Waals surface area contributed by atoms with Crippen molar-refractivity contribution in [3.05, 3.63) is 46.7 Å². The van der Waals surface area contributed by atoms with Crippen LogP contribution in [0.1, 0.15) is 63.1 Å². The highest BCUT2D eigenvalue weighted by atomic mass is 16.5. The number of aliphatic hydroxyl groups is 1. The van der Waals surface area contributed by atoms with Crippen LogP contribution in [0.15, 0.2) is 35.5 Å². The normalized spacial score (nSPS) is 21.1. The van der Waals surface area contributed by atoms with Crippen LogP contribution in [0.25, 0.3) is 0 Å². The van der Waals surface area contributed by atoms with E-state index in [0.29, 0.717) is 24.1 Å². The Balaban J connectivity index is 1.91. The van der Waals surface area contributed by atoms with Crippen molar-refractivity contribution in [2.75, 3.05) is 6.61 Å². The van der Waals surface area contributed by atoms with Gasteiger partial charge < -0.3 is 20.5 Å². The van der Waals surface area contributed by atoms with Crippen LogP contribution in [0.3, 0.4) is 0 Å². The van der Waals surface area contributed by atoms with Crippen molar-refractivity contribution in [2.24, 2.45) is 0 Å². The van der Waals surface area contributed by atoms with E-state index in [1.54, 1.807) is 13.8 Å². The van der Waals surface area contributed by atoms with Crippen LogP contribution in [0.5, 0.6) is 0 Å². The molecule has 0 radical (unpaired) electrons. The smallest absolute Gasteiger partial charge is 0.338 e. The Kier molecular flexibility index (Phi) is 6.05. The van der Waals surface area contributed by atoms with Gasteiger partial charge in [-0.2, -0.15) is 0 Å². The first-order valence-corrected chi connectivity index (χ1v) is 9.73. The monoisotopic (exact) mass is 382 g/mol. The SMILES string of the molecule is CCOC(=O)C1=C(C)NC(=O)NC1c1cccc(C#CC2(O)CCCCC2)c1. The number of carbonyl (C=O) groups is 2. The Morgan fingerprint density at radius 2 is 2.07 bits per heavy atom. The van der Waals surface area contributed by atoms with Crippen LogP contribution >= 0.6 is 0 Å². The summed E-state index contributed by atoms with van der Waals surface area (Å²) in [5.41, 5.74) is 1.38. The van der Waals surface area contributed by atoms with Gasteiger partial charge in [-0.3, -0.25) is 0 Å². The van der Waals surface area contributed by atoms with Crippen LogP contribution < -0.4 is 10.6 Å². The van der Waals surface area contributed by atoms with E-state index in [1.807, 2.05) is 24.3 Å². The van der Waals surface area contributed by atoms with Gasteiger partial charge in [0.05, 0.1) is 18.2 Å². The first-order valence-electron chi connectivity index (χ1n) is 9.73. The Hall–Kier alpha value is -2.78. The average molecular weight is 382 g/mol. The molecule has 1 heterocycles. The summed E-state index contributed by atoms with van der Waals surface area (Å²) < 4.78 is 5.16. The molecule has 1 aliphatic heterocycles. The second-order valence-electron chi connectivity index (χ2n) is 7.26. The van der Waals surface area contributed by atoms with Gasteiger partial charge in [0.1, 0.15) is 5.60 Å². The van der Waals surface area contributed by atoms with Gasteiger partial charge >= 0.3 is 12.0 Å². The molecule has 1 saturated carbocycles. The Morgan fingerprint density at radius 3 is 2.79 bits per heavy atom. The number of allylic oxidation sites excluding steroid dienone is 1. The summed E-state index contributed by atoms with van der Waals surface area (Å²) in [7, 11) is 0. The van der Waals surface area contributed by atoms with Crippen molar-refractivity contribution in [2.45, 2.75) is 57.6 Å². The van der Waals surface area contributed by atoms with E-state index in [-0.39, 0.29) is 12.6 Å². The van der Waals surface area contributed by atoms with Gasteiger partial charge in [0.25, 0.3) is 0 Å². The van der Waals surface area contributed by atoms with Crippen LogP contribution in [0, 0.1) is 11.8 Å². The molecule has 2 aliphatic rings. The summed E-state index contributed by atoms with van der Waals surface area (Å²) in [5, 5.41) is 16.0. The predicted octanol–water partition coefficient (Wildman–Crippen LogP) is 2.92. The number of urea groups is 1. The summed E-state index contributed by atoms with van der Waals surface area (Å²) in [4.78, 5) is 24.4. The second kappa shape index (κ2) is 8.49. The maximum atomic E-state index is 12.4. The molecular formula is C22H26N2O4. The van der Waals surface area contributed by atoms with Gasteiger partial charge in [-0.05, 0) is 57.2 Å². The fourth-order valence-corrected chi connectivity index (χ4v) is 3.67. The van der Waals surface area contributed by atoms with Crippen molar-refractivity contribution in [3.63, 3.8) is 0 Å². The first-order chi connectivity index (χ1) is 13.4. The highest BCUT2D eigenvalue weighted by molar-refractivity contribution is 5.95. The molecule has 3 N–H and O–H groups in total. The van der Waals surface area contributed by atoms with Crippen LogP contribution in [-0.2, 0) is 9.53 Å². The lowest BCUT2D eigenvalue weighted by molar-refractivity contribution is -0.139. The molecule has 0 aromatic heterocycles. The van der Waals surface area contributed by atoms with E-state index in [1.165, 1.54) is 0 Å². The molecule has 2 amide bonds. The van der Waals surface area contributed by atoms with Gasteiger partial charge in [-0.15, -0.1) is 0 Å². The summed E-state index contributed by atoms with van der Waals surface area (Å²) in [6, 6.07) is 6.37. The highest BCUT2D eigenvalue weighted by Gasteiger charge is 2.32. The highest BCUT2D eigenvalue weighted by Crippen LogP contribution is 2.29. The van der Waals surface area contributed by atoms with Crippen LogP contribution in [0.4, 0.5) is 4.79 Å². The van der Waals surface area contributed by atoms with Crippen molar-refractivity contribution in [1.82, 2.24) is 10.6 Å². The van der Waals surface area contributed by atoms with Crippen LogP contribution in [-0.4, -0.2) is 29.3 Å². The number of nitrogens with one attached hydrogen (secondary N) is 2. The van der Waals surface area contributed by atoms with Gasteiger partial charge in [-0.1, -0.05) is 30.4 Å². The molecule has 1 aliphatic carbocycles. The number of carbonyl (C=O) groups excluding carboxylic acids is 2. The third-order valence-electron chi connectivity index (χ3n) is 5.10. The standard InChI is InChI=1S/C22H26N2O4/c1-3-28-20(25)18-15(2)23-21(26)24-19(18)17-9-7-8-16(14-17)10-13-22(27)11-5-4-6-12-22/h7-9,14,19,27H,3-6,11-12H2,1-2H3,(H2,23,24,26). The maximum absolute atomic E-state index is 12.4. The number of ether oxygens (including phenoxy) is 1. The molecule has 148 valence electrons. The molecule has 0 saturated heterocycles. The number of amides is 2. The summed E-state index contributed by atoms with van der Waals surface area (Å²) in [5.74, 6) is 5.62. The molecule has 1 unspecified atom stereocenters. The molecule has 1 aromatic carbocycles. The average Bonchev–Trinajstić information content (AvgIpc) is 2.67. The van der Waals surface area contributed by atoms with E-state index in [9.17, 15) is 14.7 Å². The van der Waals surface area contributed by atoms with E-state index < -0.39 is 17.6 Å². The molecule has 0 bridgehead atoms. The number of rotatable bonds is 3.